The molecule has 1 aromatic carbocycles. The minimum absolute atomic E-state index is 0.315. The van der Waals surface area contributed by atoms with Gasteiger partial charge in [0.15, 0.2) is 0 Å². The zero-order valence-electron chi connectivity index (χ0n) is 10.5. The maximum absolute atomic E-state index is 13.4. The first-order valence-corrected chi connectivity index (χ1v) is 6.09. The van der Waals surface area contributed by atoms with Crippen LogP contribution >= 0.6 is 11.6 Å². The van der Waals surface area contributed by atoms with Crippen LogP contribution in [0.25, 0.3) is 0 Å². The lowest BCUT2D eigenvalue weighted by molar-refractivity contribution is -0.147. The molecule has 0 aliphatic heterocycles. The number of halogens is 2. The molecule has 5 heteroatoms. The van der Waals surface area contributed by atoms with Gasteiger partial charge in [-0.3, -0.25) is 4.79 Å². The highest BCUT2D eigenvalue weighted by atomic mass is 35.5. The van der Waals surface area contributed by atoms with Crippen LogP contribution in [0.1, 0.15) is 25.8 Å². The summed E-state index contributed by atoms with van der Waals surface area (Å²) in [6.07, 6.45) is 0.477. The largest absolute Gasteiger partial charge is 0.481 e. The second-order valence-electron chi connectivity index (χ2n) is 4.85. The number of carboxylic acids is 1. The SMILES string of the molecule is CC(C)(CCNCc1cc(Cl)ccc1F)C(=O)O. The molecule has 0 radical (unpaired) electrons. The molecular weight excluding hydrogens is 257 g/mol. The van der Waals surface area contributed by atoms with Crippen molar-refractivity contribution in [2.75, 3.05) is 6.54 Å². The van der Waals surface area contributed by atoms with Crippen molar-refractivity contribution in [3.05, 3.63) is 34.6 Å². The van der Waals surface area contributed by atoms with Crippen molar-refractivity contribution < 1.29 is 14.3 Å². The third-order valence-corrected chi connectivity index (χ3v) is 3.06. The minimum Gasteiger partial charge on any atom is -0.481 e. The van der Waals surface area contributed by atoms with E-state index in [0.29, 0.717) is 30.1 Å². The van der Waals surface area contributed by atoms with Crippen LogP contribution in [0.5, 0.6) is 0 Å². The van der Waals surface area contributed by atoms with E-state index in [1.54, 1.807) is 19.9 Å². The smallest absolute Gasteiger partial charge is 0.309 e. The number of aliphatic carboxylic acids is 1. The van der Waals surface area contributed by atoms with E-state index in [4.69, 9.17) is 16.7 Å². The fourth-order valence-corrected chi connectivity index (χ4v) is 1.60. The van der Waals surface area contributed by atoms with Crippen molar-refractivity contribution >= 4 is 17.6 Å². The fourth-order valence-electron chi connectivity index (χ4n) is 1.41. The molecule has 0 amide bonds. The molecule has 0 saturated carbocycles. The van der Waals surface area contributed by atoms with Crippen molar-refractivity contribution in [3.8, 4) is 0 Å². The minimum atomic E-state index is -0.835. The fraction of sp³-hybridized carbons (Fsp3) is 0.462. The Morgan fingerprint density at radius 3 is 2.78 bits per heavy atom. The van der Waals surface area contributed by atoms with Crippen LogP contribution in [0.2, 0.25) is 5.02 Å². The normalized spacial score (nSPS) is 11.6. The van der Waals surface area contributed by atoms with E-state index < -0.39 is 11.4 Å². The molecule has 2 N–H and O–H groups in total. The first kappa shape index (κ1) is 14.9. The molecule has 1 rings (SSSR count). The van der Waals surface area contributed by atoms with Gasteiger partial charge in [-0.2, -0.15) is 0 Å². The van der Waals surface area contributed by atoms with Gasteiger partial charge in [0.1, 0.15) is 5.82 Å². The van der Waals surface area contributed by atoms with Gasteiger partial charge in [0.25, 0.3) is 0 Å². The maximum atomic E-state index is 13.4. The summed E-state index contributed by atoms with van der Waals surface area (Å²) in [5.41, 5.74) is -0.296. The van der Waals surface area contributed by atoms with Gasteiger partial charge in [0.2, 0.25) is 0 Å². The van der Waals surface area contributed by atoms with Gasteiger partial charge >= 0.3 is 5.97 Å². The zero-order chi connectivity index (χ0) is 13.8. The van der Waals surface area contributed by atoms with Crippen molar-refractivity contribution in [2.45, 2.75) is 26.8 Å². The number of carboxylic acid groups (broad SMARTS) is 1. The highest BCUT2D eigenvalue weighted by Crippen LogP contribution is 2.19. The summed E-state index contributed by atoms with van der Waals surface area (Å²) >= 11 is 5.77. The lowest BCUT2D eigenvalue weighted by atomic mass is 9.90. The van der Waals surface area contributed by atoms with E-state index in [1.165, 1.54) is 12.1 Å². The van der Waals surface area contributed by atoms with Crippen LogP contribution in [0.3, 0.4) is 0 Å². The van der Waals surface area contributed by atoms with Crippen LogP contribution in [-0.4, -0.2) is 17.6 Å². The van der Waals surface area contributed by atoms with Gasteiger partial charge in [0.05, 0.1) is 5.41 Å². The van der Waals surface area contributed by atoms with Crippen molar-refractivity contribution in [2.24, 2.45) is 5.41 Å². The third kappa shape index (κ3) is 4.27. The molecule has 0 aromatic heterocycles. The van der Waals surface area contributed by atoms with Crippen LogP contribution in [0, 0.1) is 11.2 Å². The van der Waals surface area contributed by atoms with Gasteiger partial charge in [0, 0.05) is 17.1 Å². The predicted molar refractivity (Wildman–Crippen MR) is 69.2 cm³/mol. The van der Waals surface area contributed by atoms with E-state index in [0.717, 1.165) is 0 Å². The molecule has 100 valence electrons. The molecule has 3 nitrogen and oxygen atoms in total. The van der Waals surface area contributed by atoms with Gasteiger partial charge in [-0.1, -0.05) is 11.6 Å². The number of nitrogens with one attached hydrogen (secondary N) is 1. The molecule has 0 aliphatic carbocycles. The molecule has 0 saturated heterocycles. The standard InChI is InChI=1S/C13H17ClFNO2/c1-13(2,12(17)18)5-6-16-8-9-7-10(14)3-4-11(9)15/h3-4,7,16H,5-6,8H2,1-2H3,(H,17,18). The van der Waals surface area contributed by atoms with E-state index in [2.05, 4.69) is 5.32 Å². The quantitative estimate of drug-likeness (QED) is 0.783. The van der Waals surface area contributed by atoms with E-state index in [-0.39, 0.29) is 5.82 Å². The van der Waals surface area contributed by atoms with Crippen molar-refractivity contribution in [1.82, 2.24) is 5.32 Å². The second kappa shape index (κ2) is 6.16. The van der Waals surface area contributed by atoms with E-state index in [1.807, 2.05) is 0 Å². The molecule has 1 aromatic rings. The molecule has 0 atom stereocenters. The Balaban J connectivity index is 2.43. The highest BCUT2D eigenvalue weighted by Gasteiger charge is 2.26. The van der Waals surface area contributed by atoms with Gasteiger partial charge in [-0.25, -0.2) is 4.39 Å². The first-order valence-electron chi connectivity index (χ1n) is 5.71. The average Bonchev–Trinajstić information content (AvgIpc) is 2.28. The Bertz CT molecular complexity index is 435. The highest BCUT2D eigenvalue weighted by molar-refractivity contribution is 6.30. The summed E-state index contributed by atoms with van der Waals surface area (Å²) in [4.78, 5) is 10.9. The number of benzene rings is 1. The van der Waals surface area contributed by atoms with Crippen LogP contribution in [0.4, 0.5) is 4.39 Å². The van der Waals surface area contributed by atoms with Crippen LogP contribution in [0.15, 0.2) is 18.2 Å². The molecule has 0 bridgehead atoms. The number of hydrogen-bond donors (Lipinski definition) is 2. The Kier molecular flexibility index (Phi) is 5.11. The summed E-state index contributed by atoms with van der Waals surface area (Å²) < 4.78 is 13.4. The summed E-state index contributed by atoms with van der Waals surface area (Å²) in [5, 5.41) is 12.4. The zero-order valence-corrected chi connectivity index (χ0v) is 11.2. The first-order chi connectivity index (χ1) is 8.33. The second-order valence-corrected chi connectivity index (χ2v) is 5.29. The molecule has 0 aliphatic rings. The van der Waals surface area contributed by atoms with Crippen molar-refractivity contribution in [3.63, 3.8) is 0 Å². The Hall–Kier alpha value is -1.13. The molecular formula is C13H17ClFNO2. The third-order valence-electron chi connectivity index (χ3n) is 2.83. The maximum Gasteiger partial charge on any atom is 0.309 e. The summed E-state index contributed by atoms with van der Waals surface area (Å²) in [6.45, 7) is 4.17. The molecule has 18 heavy (non-hydrogen) atoms. The lowest BCUT2D eigenvalue weighted by Gasteiger charge is -2.19. The number of hydrogen-bond acceptors (Lipinski definition) is 2. The van der Waals surface area contributed by atoms with Gasteiger partial charge < -0.3 is 10.4 Å². The monoisotopic (exact) mass is 273 g/mol. The van der Waals surface area contributed by atoms with Gasteiger partial charge in [-0.05, 0) is 45.0 Å². The molecule has 0 fully saturated rings. The van der Waals surface area contributed by atoms with Crippen LogP contribution in [-0.2, 0) is 11.3 Å². The number of carbonyl (C=O) groups is 1. The average molecular weight is 274 g/mol. The summed E-state index contributed by atoms with van der Waals surface area (Å²) in [5.74, 6) is -1.15. The van der Waals surface area contributed by atoms with Crippen molar-refractivity contribution in [1.29, 1.82) is 0 Å². The Morgan fingerprint density at radius 1 is 1.50 bits per heavy atom. The summed E-state index contributed by atoms with van der Waals surface area (Å²) in [6, 6.07) is 4.38. The van der Waals surface area contributed by atoms with Crippen LogP contribution < -0.4 is 5.32 Å². The summed E-state index contributed by atoms with van der Waals surface area (Å²) in [7, 11) is 0. The molecule has 0 heterocycles. The number of rotatable bonds is 6. The molecule has 0 spiro atoms. The Morgan fingerprint density at radius 2 is 2.17 bits per heavy atom. The lowest BCUT2D eigenvalue weighted by Crippen LogP contribution is -2.29. The van der Waals surface area contributed by atoms with Gasteiger partial charge in [-0.15, -0.1) is 0 Å². The van der Waals surface area contributed by atoms with E-state index in [9.17, 15) is 9.18 Å². The Labute approximate surface area is 111 Å². The topological polar surface area (TPSA) is 49.3 Å². The predicted octanol–water partition coefficient (Wildman–Crippen LogP) is 3.07. The molecule has 0 unspecified atom stereocenters. The van der Waals surface area contributed by atoms with E-state index >= 15 is 0 Å².